The van der Waals surface area contributed by atoms with Crippen molar-refractivity contribution in [1.29, 1.82) is 0 Å². The molecular weight excluding hydrogens is 388 g/mol. The van der Waals surface area contributed by atoms with Gasteiger partial charge in [-0.15, -0.1) is 0 Å². The Kier molecular flexibility index (Phi) is 5.89. The number of rotatable bonds is 6. The van der Waals surface area contributed by atoms with Crippen LogP contribution in [0.4, 0.5) is 5.69 Å². The van der Waals surface area contributed by atoms with Gasteiger partial charge in [0, 0.05) is 30.9 Å². The van der Waals surface area contributed by atoms with Gasteiger partial charge in [-0.05, 0) is 50.5 Å². The molecule has 1 fully saturated rings. The van der Waals surface area contributed by atoms with Crippen LogP contribution in [0.15, 0.2) is 48.5 Å². The first-order valence-electron chi connectivity index (χ1n) is 10.7. The largest absolute Gasteiger partial charge is 0.348 e. The van der Waals surface area contributed by atoms with Gasteiger partial charge in [0.15, 0.2) is 0 Å². The maximum atomic E-state index is 12.9. The van der Waals surface area contributed by atoms with Crippen LogP contribution in [0.3, 0.4) is 0 Å². The molecule has 0 bridgehead atoms. The second-order valence-corrected chi connectivity index (χ2v) is 8.19. The van der Waals surface area contributed by atoms with Crippen LogP contribution in [0, 0.1) is 20.8 Å². The molecular formula is C25H28N4O2. The van der Waals surface area contributed by atoms with E-state index in [1.807, 2.05) is 47.7 Å². The third-order valence-electron chi connectivity index (χ3n) is 5.84. The zero-order valence-electron chi connectivity index (χ0n) is 18.3. The summed E-state index contributed by atoms with van der Waals surface area (Å²) in [6.45, 7) is 7.71. The second-order valence-electron chi connectivity index (χ2n) is 8.19. The highest BCUT2D eigenvalue weighted by Crippen LogP contribution is 2.22. The molecule has 0 aliphatic carbocycles. The molecule has 4 rings (SSSR count). The van der Waals surface area contributed by atoms with Gasteiger partial charge in [-0.2, -0.15) is 5.10 Å². The maximum absolute atomic E-state index is 12.9. The molecule has 0 atom stereocenters. The van der Waals surface area contributed by atoms with Crippen molar-refractivity contribution in [3.8, 4) is 0 Å². The Morgan fingerprint density at radius 2 is 1.68 bits per heavy atom. The summed E-state index contributed by atoms with van der Waals surface area (Å²) in [5, 5.41) is 7.59. The molecule has 1 aromatic heterocycles. The first-order valence-corrected chi connectivity index (χ1v) is 10.7. The Bertz CT molecular complexity index is 1100. The van der Waals surface area contributed by atoms with Crippen LogP contribution in [0.1, 0.15) is 51.3 Å². The molecule has 2 aromatic carbocycles. The topological polar surface area (TPSA) is 67.2 Å². The molecule has 31 heavy (non-hydrogen) atoms. The van der Waals surface area contributed by atoms with Crippen molar-refractivity contribution < 1.29 is 9.59 Å². The van der Waals surface area contributed by atoms with Gasteiger partial charge in [0.05, 0.1) is 17.8 Å². The van der Waals surface area contributed by atoms with Gasteiger partial charge in [0.25, 0.3) is 5.91 Å². The summed E-state index contributed by atoms with van der Waals surface area (Å²) in [6.07, 6.45) is 1.53. The molecule has 1 saturated heterocycles. The Morgan fingerprint density at radius 3 is 2.32 bits per heavy atom. The van der Waals surface area contributed by atoms with Crippen LogP contribution in [0.2, 0.25) is 0 Å². The number of carbonyl (C=O) groups is 2. The lowest BCUT2D eigenvalue weighted by molar-refractivity contribution is -0.117. The average molecular weight is 417 g/mol. The number of nitrogens with zero attached hydrogens (tertiary/aromatic N) is 3. The summed E-state index contributed by atoms with van der Waals surface area (Å²) in [4.78, 5) is 26.6. The smallest absolute Gasteiger partial charge is 0.255 e. The van der Waals surface area contributed by atoms with Crippen LogP contribution in [0.25, 0.3) is 0 Å². The molecule has 2 amide bonds. The van der Waals surface area contributed by atoms with Crippen LogP contribution in [-0.2, 0) is 17.9 Å². The lowest BCUT2D eigenvalue weighted by atomic mass is 10.1. The first kappa shape index (κ1) is 20.8. The van der Waals surface area contributed by atoms with Crippen LogP contribution in [-0.4, -0.2) is 28.1 Å². The summed E-state index contributed by atoms with van der Waals surface area (Å²) in [6, 6.07) is 16.2. The van der Waals surface area contributed by atoms with E-state index in [4.69, 9.17) is 0 Å². The number of amides is 2. The SMILES string of the molecule is Cc1ccc(Cn2nc(C)c(C(=O)NCc3ccc(N4CCCC4=O)cc3)c2C)cc1. The van der Waals surface area contributed by atoms with Crippen molar-refractivity contribution in [1.82, 2.24) is 15.1 Å². The highest BCUT2D eigenvalue weighted by molar-refractivity contribution is 5.96. The molecule has 1 aliphatic rings. The van der Waals surface area contributed by atoms with Gasteiger partial charge in [0.1, 0.15) is 0 Å². The fourth-order valence-corrected chi connectivity index (χ4v) is 4.03. The van der Waals surface area contributed by atoms with Crippen LogP contribution in [0.5, 0.6) is 0 Å². The van der Waals surface area contributed by atoms with Gasteiger partial charge in [-0.25, -0.2) is 0 Å². The number of carbonyl (C=O) groups excluding carboxylic acids is 2. The van der Waals surface area contributed by atoms with E-state index in [1.165, 1.54) is 5.56 Å². The summed E-state index contributed by atoms with van der Waals surface area (Å²) >= 11 is 0. The lowest BCUT2D eigenvalue weighted by Gasteiger charge is -2.16. The average Bonchev–Trinajstić information content (AvgIpc) is 3.31. The Hall–Kier alpha value is -3.41. The van der Waals surface area contributed by atoms with Gasteiger partial charge in [-0.3, -0.25) is 14.3 Å². The summed E-state index contributed by atoms with van der Waals surface area (Å²) < 4.78 is 1.89. The fourth-order valence-electron chi connectivity index (χ4n) is 4.03. The molecule has 2 heterocycles. The minimum atomic E-state index is -0.121. The number of hydrogen-bond donors (Lipinski definition) is 1. The van der Waals surface area contributed by atoms with Gasteiger partial charge >= 0.3 is 0 Å². The number of benzene rings is 2. The predicted octanol–water partition coefficient (Wildman–Crippen LogP) is 3.91. The number of anilines is 1. The summed E-state index contributed by atoms with van der Waals surface area (Å²) in [7, 11) is 0. The molecule has 0 saturated carbocycles. The molecule has 6 heteroatoms. The van der Waals surface area contributed by atoms with Crippen molar-refractivity contribution in [2.45, 2.75) is 46.7 Å². The Morgan fingerprint density at radius 1 is 1.00 bits per heavy atom. The molecule has 6 nitrogen and oxygen atoms in total. The Labute approximate surface area is 182 Å². The number of aromatic nitrogens is 2. The van der Waals surface area contributed by atoms with E-state index < -0.39 is 0 Å². The molecule has 3 aromatic rings. The molecule has 0 spiro atoms. The molecule has 1 aliphatic heterocycles. The van der Waals surface area contributed by atoms with E-state index in [-0.39, 0.29) is 11.8 Å². The quantitative estimate of drug-likeness (QED) is 0.662. The standard InChI is InChI=1S/C25H28N4O2/c1-17-6-8-21(9-7-17)16-29-19(3)24(18(2)27-29)25(31)26-15-20-10-12-22(13-11-20)28-14-4-5-23(28)30/h6-13H,4-5,14-16H2,1-3H3,(H,26,31). The van der Waals surface area contributed by atoms with E-state index in [0.29, 0.717) is 25.1 Å². The highest BCUT2D eigenvalue weighted by Gasteiger charge is 2.22. The van der Waals surface area contributed by atoms with E-state index in [9.17, 15) is 9.59 Å². The molecule has 160 valence electrons. The molecule has 1 N–H and O–H groups in total. The maximum Gasteiger partial charge on any atom is 0.255 e. The van der Waals surface area contributed by atoms with Gasteiger partial charge in [0.2, 0.25) is 5.91 Å². The molecule has 0 radical (unpaired) electrons. The fraction of sp³-hybridized carbons (Fsp3) is 0.320. The normalized spacial score (nSPS) is 13.6. The van der Waals surface area contributed by atoms with Gasteiger partial charge in [-0.1, -0.05) is 42.0 Å². The number of hydrogen-bond acceptors (Lipinski definition) is 3. The van der Waals surface area contributed by atoms with Crippen molar-refractivity contribution in [3.05, 3.63) is 82.2 Å². The van der Waals surface area contributed by atoms with Gasteiger partial charge < -0.3 is 10.2 Å². The van der Waals surface area contributed by atoms with Crippen molar-refractivity contribution in [2.24, 2.45) is 0 Å². The zero-order valence-corrected chi connectivity index (χ0v) is 18.3. The monoisotopic (exact) mass is 416 g/mol. The number of nitrogens with one attached hydrogen (secondary N) is 1. The van der Waals surface area contributed by atoms with E-state index >= 15 is 0 Å². The third-order valence-corrected chi connectivity index (χ3v) is 5.84. The Balaban J connectivity index is 1.41. The van der Waals surface area contributed by atoms with E-state index in [1.54, 1.807) is 0 Å². The van der Waals surface area contributed by atoms with Crippen LogP contribution < -0.4 is 10.2 Å². The molecule has 0 unspecified atom stereocenters. The first-order chi connectivity index (χ1) is 14.9. The number of aryl methyl sites for hydroxylation is 2. The van der Waals surface area contributed by atoms with Crippen molar-refractivity contribution >= 4 is 17.5 Å². The third kappa shape index (κ3) is 4.53. The predicted molar refractivity (Wildman–Crippen MR) is 121 cm³/mol. The summed E-state index contributed by atoms with van der Waals surface area (Å²) in [5.41, 5.74) is 6.50. The van der Waals surface area contributed by atoms with Crippen LogP contribution >= 0.6 is 0 Å². The minimum Gasteiger partial charge on any atom is -0.348 e. The highest BCUT2D eigenvalue weighted by atomic mass is 16.2. The minimum absolute atomic E-state index is 0.121. The van der Waals surface area contributed by atoms with E-state index in [2.05, 4.69) is 41.6 Å². The van der Waals surface area contributed by atoms with E-state index in [0.717, 1.165) is 41.2 Å². The lowest BCUT2D eigenvalue weighted by Crippen LogP contribution is -2.25. The second kappa shape index (κ2) is 8.76. The van der Waals surface area contributed by atoms with Crippen molar-refractivity contribution in [2.75, 3.05) is 11.4 Å². The zero-order chi connectivity index (χ0) is 22.0. The summed E-state index contributed by atoms with van der Waals surface area (Å²) in [5.74, 6) is 0.0543. The van der Waals surface area contributed by atoms with Crippen molar-refractivity contribution in [3.63, 3.8) is 0 Å².